The van der Waals surface area contributed by atoms with E-state index in [1.165, 1.54) is 0 Å². The highest BCUT2D eigenvalue weighted by Crippen LogP contribution is 2.26. The molecule has 1 aliphatic heterocycles. The lowest BCUT2D eigenvalue weighted by molar-refractivity contribution is 0.0682. The molecular formula is C20H27N3O3. The number of hydrogen-bond donors (Lipinski definition) is 1. The molecule has 140 valence electrons. The van der Waals surface area contributed by atoms with Gasteiger partial charge in [0.2, 0.25) is 0 Å². The average Bonchev–Trinajstić information content (AvgIpc) is 3.30. The Balaban J connectivity index is 1.73. The number of aryl methyl sites for hydroxylation is 1. The van der Waals surface area contributed by atoms with E-state index in [-0.39, 0.29) is 17.9 Å². The Hall–Kier alpha value is -2.34. The summed E-state index contributed by atoms with van der Waals surface area (Å²) >= 11 is 0. The molecule has 1 saturated heterocycles. The summed E-state index contributed by atoms with van der Waals surface area (Å²) < 4.78 is 13.2. The summed E-state index contributed by atoms with van der Waals surface area (Å²) in [5.41, 5.74) is 2.13. The first-order valence-corrected chi connectivity index (χ1v) is 9.31. The third-order valence-corrected chi connectivity index (χ3v) is 4.51. The molecule has 1 N–H and O–H groups in total. The van der Waals surface area contributed by atoms with Crippen LogP contribution < -0.4 is 10.1 Å². The van der Waals surface area contributed by atoms with Crippen molar-refractivity contribution >= 4 is 11.6 Å². The van der Waals surface area contributed by atoms with Gasteiger partial charge in [-0.15, -0.1) is 0 Å². The van der Waals surface area contributed by atoms with Crippen LogP contribution in [-0.4, -0.2) is 35.0 Å². The van der Waals surface area contributed by atoms with E-state index in [0.717, 1.165) is 25.1 Å². The van der Waals surface area contributed by atoms with Crippen LogP contribution in [-0.2, 0) is 11.3 Å². The molecule has 1 aromatic heterocycles. The maximum absolute atomic E-state index is 12.8. The molecule has 0 radical (unpaired) electrons. The van der Waals surface area contributed by atoms with E-state index < -0.39 is 0 Å². The van der Waals surface area contributed by atoms with Crippen LogP contribution in [0.2, 0.25) is 0 Å². The average molecular weight is 357 g/mol. The van der Waals surface area contributed by atoms with Crippen LogP contribution in [0.15, 0.2) is 30.3 Å². The highest BCUT2D eigenvalue weighted by atomic mass is 16.5. The predicted octanol–water partition coefficient (Wildman–Crippen LogP) is 3.84. The van der Waals surface area contributed by atoms with Gasteiger partial charge in [-0.25, -0.2) is 0 Å². The van der Waals surface area contributed by atoms with Crippen molar-refractivity contribution < 1.29 is 14.3 Å². The number of hydrogen-bond acceptors (Lipinski definition) is 4. The molecule has 0 saturated carbocycles. The maximum atomic E-state index is 12.8. The zero-order chi connectivity index (χ0) is 18.5. The summed E-state index contributed by atoms with van der Waals surface area (Å²) in [5, 5.41) is 7.47. The normalized spacial score (nSPS) is 16.8. The Morgan fingerprint density at radius 2 is 2.23 bits per heavy atom. The molecule has 1 atom stereocenters. The molecule has 3 rings (SSSR count). The van der Waals surface area contributed by atoms with Gasteiger partial charge in [-0.05, 0) is 43.9 Å². The molecule has 1 unspecified atom stereocenters. The van der Waals surface area contributed by atoms with Gasteiger partial charge in [0.25, 0.3) is 5.91 Å². The fourth-order valence-electron chi connectivity index (χ4n) is 2.98. The minimum Gasteiger partial charge on any atom is -0.489 e. The van der Waals surface area contributed by atoms with Gasteiger partial charge in [0, 0.05) is 13.2 Å². The van der Waals surface area contributed by atoms with E-state index in [1.807, 2.05) is 37.3 Å². The fraction of sp³-hybridized carbons (Fsp3) is 0.500. The summed E-state index contributed by atoms with van der Waals surface area (Å²) in [6.07, 6.45) is 2.22. The first kappa shape index (κ1) is 18.5. The SMILES string of the molecule is CCn1nc(C(C)C)cc1C(=O)Nc1ccccc1OCC1CCCO1. The van der Waals surface area contributed by atoms with Gasteiger partial charge >= 0.3 is 0 Å². The highest BCUT2D eigenvalue weighted by Gasteiger charge is 2.19. The molecule has 6 nitrogen and oxygen atoms in total. The van der Waals surface area contributed by atoms with Crippen molar-refractivity contribution in [1.82, 2.24) is 9.78 Å². The standard InChI is InChI=1S/C20H27N3O3/c1-4-23-18(12-17(22-23)14(2)3)20(24)21-16-9-5-6-10-19(16)26-13-15-8-7-11-25-15/h5-6,9-10,12,14-15H,4,7-8,11,13H2,1-3H3,(H,21,24). The van der Waals surface area contributed by atoms with Crippen LogP contribution in [0.3, 0.4) is 0 Å². The first-order chi connectivity index (χ1) is 12.6. The van der Waals surface area contributed by atoms with E-state index in [0.29, 0.717) is 30.3 Å². The Kier molecular flexibility index (Phi) is 5.93. The van der Waals surface area contributed by atoms with Crippen LogP contribution in [0.25, 0.3) is 0 Å². The van der Waals surface area contributed by atoms with Crippen molar-refractivity contribution in [1.29, 1.82) is 0 Å². The number of para-hydroxylation sites is 2. The van der Waals surface area contributed by atoms with Crippen LogP contribution in [0.5, 0.6) is 5.75 Å². The van der Waals surface area contributed by atoms with Gasteiger partial charge in [0.05, 0.1) is 17.5 Å². The van der Waals surface area contributed by atoms with E-state index in [4.69, 9.17) is 9.47 Å². The minimum absolute atomic E-state index is 0.133. The number of nitrogens with zero attached hydrogens (tertiary/aromatic N) is 2. The van der Waals surface area contributed by atoms with Crippen LogP contribution in [0.1, 0.15) is 55.7 Å². The number of anilines is 1. The maximum Gasteiger partial charge on any atom is 0.274 e. The second-order valence-corrected chi connectivity index (χ2v) is 6.82. The van der Waals surface area contributed by atoms with E-state index >= 15 is 0 Å². The van der Waals surface area contributed by atoms with Gasteiger partial charge in [-0.2, -0.15) is 5.10 Å². The highest BCUT2D eigenvalue weighted by molar-refractivity contribution is 6.04. The second kappa shape index (κ2) is 8.36. The number of aromatic nitrogens is 2. The summed E-state index contributed by atoms with van der Waals surface area (Å²) in [6, 6.07) is 9.35. The topological polar surface area (TPSA) is 65.4 Å². The molecule has 2 heterocycles. The lowest BCUT2D eigenvalue weighted by Gasteiger charge is -2.15. The third-order valence-electron chi connectivity index (χ3n) is 4.51. The lowest BCUT2D eigenvalue weighted by atomic mass is 10.1. The van der Waals surface area contributed by atoms with E-state index in [2.05, 4.69) is 24.3 Å². The molecule has 1 aliphatic rings. The summed E-state index contributed by atoms with van der Waals surface area (Å²) in [5.74, 6) is 0.749. The van der Waals surface area contributed by atoms with Crippen molar-refractivity contribution in [2.75, 3.05) is 18.5 Å². The van der Waals surface area contributed by atoms with Crippen molar-refractivity contribution in [3.63, 3.8) is 0 Å². The van der Waals surface area contributed by atoms with Crippen LogP contribution >= 0.6 is 0 Å². The zero-order valence-corrected chi connectivity index (χ0v) is 15.7. The number of benzene rings is 1. The Morgan fingerprint density at radius 1 is 1.42 bits per heavy atom. The van der Waals surface area contributed by atoms with Gasteiger partial charge in [-0.3, -0.25) is 9.48 Å². The van der Waals surface area contributed by atoms with Gasteiger partial charge in [0.1, 0.15) is 18.1 Å². The third kappa shape index (κ3) is 4.25. The molecule has 0 bridgehead atoms. The second-order valence-electron chi connectivity index (χ2n) is 6.82. The quantitative estimate of drug-likeness (QED) is 0.818. The molecule has 26 heavy (non-hydrogen) atoms. The van der Waals surface area contributed by atoms with Crippen molar-refractivity contribution in [2.45, 2.75) is 52.2 Å². The molecular weight excluding hydrogens is 330 g/mol. The minimum atomic E-state index is -0.181. The number of carbonyl (C=O) groups is 1. The number of rotatable bonds is 7. The fourth-order valence-corrected chi connectivity index (χ4v) is 2.98. The predicted molar refractivity (Wildman–Crippen MR) is 101 cm³/mol. The van der Waals surface area contributed by atoms with Crippen LogP contribution in [0, 0.1) is 0 Å². The summed E-state index contributed by atoms with van der Waals surface area (Å²) in [4.78, 5) is 12.8. The van der Waals surface area contributed by atoms with Gasteiger partial charge in [0.15, 0.2) is 0 Å². The largest absolute Gasteiger partial charge is 0.489 e. The Morgan fingerprint density at radius 3 is 2.92 bits per heavy atom. The zero-order valence-electron chi connectivity index (χ0n) is 15.7. The molecule has 0 spiro atoms. The number of amides is 1. The smallest absolute Gasteiger partial charge is 0.274 e. The summed E-state index contributed by atoms with van der Waals surface area (Å²) in [6.45, 7) is 8.05. The van der Waals surface area contributed by atoms with Crippen molar-refractivity contribution in [2.24, 2.45) is 0 Å². The van der Waals surface area contributed by atoms with Crippen LogP contribution in [0.4, 0.5) is 5.69 Å². The van der Waals surface area contributed by atoms with Gasteiger partial charge < -0.3 is 14.8 Å². The van der Waals surface area contributed by atoms with Crippen molar-refractivity contribution in [3.05, 3.63) is 41.7 Å². The number of nitrogens with one attached hydrogen (secondary N) is 1. The number of ether oxygens (including phenoxy) is 2. The van der Waals surface area contributed by atoms with E-state index in [1.54, 1.807) is 4.68 Å². The first-order valence-electron chi connectivity index (χ1n) is 9.31. The monoisotopic (exact) mass is 357 g/mol. The molecule has 1 fully saturated rings. The Labute approximate surface area is 154 Å². The Bertz CT molecular complexity index is 749. The molecule has 6 heteroatoms. The molecule has 2 aromatic rings. The lowest BCUT2D eigenvalue weighted by Crippen LogP contribution is -2.19. The summed E-state index contributed by atoms with van der Waals surface area (Å²) in [7, 11) is 0. The molecule has 1 aromatic carbocycles. The number of carbonyl (C=O) groups excluding carboxylic acids is 1. The molecule has 0 aliphatic carbocycles. The van der Waals surface area contributed by atoms with Gasteiger partial charge in [-0.1, -0.05) is 26.0 Å². The van der Waals surface area contributed by atoms with Crippen molar-refractivity contribution in [3.8, 4) is 5.75 Å². The molecule has 1 amide bonds. The van der Waals surface area contributed by atoms with E-state index in [9.17, 15) is 4.79 Å².